The van der Waals surface area contributed by atoms with Crippen LogP contribution in [0.4, 0.5) is 0 Å². The van der Waals surface area contributed by atoms with Gasteiger partial charge in [-0.1, -0.05) is 6.07 Å². The zero-order valence-electron chi connectivity index (χ0n) is 11.3. The fraction of sp³-hybridized carbons (Fsp3) is 0.385. The van der Waals surface area contributed by atoms with Gasteiger partial charge in [-0.2, -0.15) is 0 Å². The highest BCUT2D eigenvalue weighted by Crippen LogP contribution is 2.27. The molecule has 0 atom stereocenters. The van der Waals surface area contributed by atoms with Crippen molar-refractivity contribution in [2.75, 3.05) is 27.8 Å². The van der Waals surface area contributed by atoms with Crippen LogP contribution in [-0.2, 0) is 16.0 Å². The molecule has 104 valence electrons. The van der Waals surface area contributed by atoms with Gasteiger partial charge in [0.2, 0.25) is 0 Å². The lowest BCUT2D eigenvalue weighted by Crippen LogP contribution is -2.38. The third kappa shape index (κ3) is 4.17. The van der Waals surface area contributed by atoms with Crippen molar-refractivity contribution in [3.05, 3.63) is 23.8 Å². The molecule has 0 aliphatic rings. The monoisotopic (exact) mass is 266 g/mol. The smallest absolute Gasteiger partial charge is 0.309 e. The quantitative estimate of drug-likeness (QED) is 0.742. The van der Waals surface area contributed by atoms with E-state index in [4.69, 9.17) is 9.47 Å². The SMILES string of the molecule is CNC(=O)C(=O)NCCc1ccc(OC)c(OC)c1. The molecule has 1 rings (SSSR count). The second-order valence-electron chi connectivity index (χ2n) is 3.77. The number of ether oxygens (including phenoxy) is 2. The predicted molar refractivity (Wildman–Crippen MR) is 70.3 cm³/mol. The van der Waals surface area contributed by atoms with Crippen molar-refractivity contribution in [3.63, 3.8) is 0 Å². The molecule has 6 heteroatoms. The van der Waals surface area contributed by atoms with Crippen LogP contribution >= 0.6 is 0 Å². The van der Waals surface area contributed by atoms with Crippen LogP contribution in [0.25, 0.3) is 0 Å². The molecule has 0 unspecified atom stereocenters. The normalized spacial score (nSPS) is 9.63. The number of methoxy groups -OCH3 is 2. The Balaban J connectivity index is 2.54. The highest BCUT2D eigenvalue weighted by atomic mass is 16.5. The van der Waals surface area contributed by atoms with Gasteiger partial charge in [0, 0.05) is 13.6 Å². The lowest BCUT2D eigenvalue weighted by Gasteiger charge is -2.09. The molecule has 0 saturated heterocycles. The lowest BCUT2D eigenvalue weighted by atomic mass is 10.1. The summed E-state index contributed by atoms with van der Waals surface area (Å²) in [6, 6.07) is 5.52. The number of nitrogens with one attached hydrogen (secondary N) is 2. The third-order valence-corrected chi connectivity index (χ3v) is 2.58. The van der Waals surface area contributed by atoms with Crippen molar-refractivity contribution >= 4 is 11.8 Å². The molecule has 0 radical (unpaired) electrons. The van der Waals surface area contributed by atoms with Crippen molar-refractivity contribution in [1.29, 1.82) is 0 Å². The summed E-state index contributed by atoms with van der Waals surface area (Å²) >= 11 is 0. The second kappa shape index (κ2) is 7.25. The van der Waals surface area contributed by atoms with Crippen molar-refractivity contribution in [2.45, 2.75) is 6.42 Å². The summed E-state index contributed by atoms with van der Waals surface area (Å²) in [5.74, 6) is 0.00793. The molecule has 0 saturated carbocycles. The standard InChI is InChI=1S/C13H18N2O4/c1-14-12(16)13(17)15-7-6-9-4-5-10(18-2)11(8-9)19-3/h4-5,8H,6-7H2,1-3H3,(H,14,16)(H,15,17). The van der Waals surface area contributed by atoms with Crippen molar-refractivity contribution in [1.82, 2.24) is 10.6 Å². The highest BCUT2D eigenvalue weighted by Gasteiger charge is 2.10. The van der Waals surface area contributed by atoms with E-state index in [1.165, 1.54) is 7.05 Å². The Morgan fingerprint density at radius 3 is 2.37 bits per heavy atom. The number of rotatable bonds is 5. The second-order valence-corrected chi connectivity index (χ2v) is 3.77. The minimum Gasteiger partial charge on any atom is -0.493 e. The molecular weight excluding hydrogens is 248 g/mol. The highest BCUT2D eigenvalue weighted by molar-refractivity contribution is 6.34. The van der Waals surface area contributed by atoms with E-state index in [-0.39, 0.29) is 0 Å². The molecule has 0 spiro atoms. The maximum Gasteiger partial charge on any atom is 0.309 e. The van der Waals surface area contributed by atoms with Gasteiger partial charge < -0.3 is 20.1 Å². The molecule has 0 aromatic heterocycles. The van der Waals surface area contributed by atoms with Crippen LogP contribution in [0.3, 0.4) is 0 Å². The molecule has 1 aromatic rings. The third-order valence-electron chi connectivity index (χ3n) is 2.58. The number of hydrogen-bond acceptors (Lipinski definition) is 4. The maximum absolute atomic E-state index is 11.2. The number of carbonyl (C=O) groups is 2. The van der Waals surface area contributed by atoms with E-state index in [1.54, 1.807) is 20.3 Å². The number of likely N-dealkylation sites (N-methyl/N-ethyl adjacent to an activating group) is 1. The molecule has 0 bridgehead atoms. The first-order valence-electron chi connectivity index (χ1n) is 5.83. The van der Waals surface area contributed by atoms with Gasteiger partial charge in [-0.25, -0.2) is 0 Å². The van der Waals surface area contributed by atoms with E-state index in [2.05, 4.69) is 10.6 Å². The first-order chi connectivity index (χ1) is 9.12. The molecule has 1 aromatic carbocycles. The van der Waals surface area contributed by atoms with Crippen molar-refractivity contribution in [3.8, 4) is 11.5 Å². The summed E-state index contributed by atoms with van der Waals surface area (Å²) < 4.78 is 10.3. The number of benzene rings is 1. The maximum atomic E-state index is 11.2. The van der Waals surface area contributed by atoms with Crippen LogP contribution in [-0.4, -0.2) is 39.6 Å². The zero-order chi connectivity index (χ0) is 14.3. The summed E-state index contributed by atoms with van der Waals surface area (Å²) in [6.07, 6.45) is 0.600. The van der Waals surface area contributed by atoms with Gasteiger partial charge in [-0.3, -0.25) is 9.59 Å². The molecule has 0 aliphatic carbocycles. The van der Waals surface area contributed by atoms with Gasteiger partial charge in [-0.05, 0) is 24.1 Å². The van der Waals surface area contributed by atoms with Gasteiger partial charge in [0.15, 0.2) is 11.5 Å². The van der Waals surface area contributed by atoms with E-state index < -0.39 is 11.8 Å². The summed E-state index contributed by atoms with van der Waals surface area (Å²) in [4.78, 5) is 22.2. The predicted octanol–water partition coefficient (Wildman–Crippen LogP) is 0.109. The minimum atomic E-state index is -0.646. The van der Waals surface area contributed by atoms with Crippen LogP contribution in [0.5, 0.6) is 11.5 Å². The molecule has 2 N–H and O–H groups in total. The summed E-state index contributed by atoms with van der Waals surface area (Å²) in [5.41, 5.74) is 0.981. The van der Waals surface area contributed by atoms with E-state index in [9.17, 15) is 9.59 Å². The average Bonchev–Trinajstić information content (AvgIpc) is 2.45. The molecule has 0 heterocycles. The number of hydrogen-bond donors (Lipinski definition) is 2. The van der Waals surface area contributed by atoms with E-state index in [0.717, 1.165) is 5.56 Å². The van der Waals surface area contributed by atoms with Gasteiger partial charge in [0.1, 0.15) is 0 Å². The van der Waals surface area contributed by atoms with Crippen LogP contribution in [0, 0.1) is 0 Å². The van der Waals surface area contributed by atoms with Crippen LogP contribution in [0.2, 0.25) is 0 Å². The Morgan fingerprint density at radius 1 is 1.11 bits per heavy atom. The number of carbonyl (C=O) groups excluding carboxylic acids is 2. The fourth-order valence-corrected chi connectivity index (χ4v) is 1.55. The molecule has 19 heavy (non-hydrogen) atoms. The average molecular weight is 266 g/mol. The number of amides is 2. The van der Waals surface area contributed by atoms with Crippen molar-refractivity contribution in [2.24, 2.45) is 0 Å². The van der Waals surface area contributed by atoms with E-state index in [0.29, 0.717) is 24.5 Å². The lowest BCUT2D eigenvalue weighted by molar-refractivity contribution is -0.138. The summed E-state index contributed by atoms with van der Waals surface area (Å²) in [5, 5.41) is 4.78. The first-order valence-corrected chi connectivity index (χ1v) is 5.83. The Kier molecular flexibility index (Phi) is 5.66. The molecule has 2 amide bonds. The van der Waals surface area contributed by atoms with E-state index >= 15 is 0 Å². The minimum absolute atomic E-state index is 0.377. The Morgan fingerprint density at radius 2 is 1.79 bits per heavy atom. The van der Waals surface area contributed by atoms with Crippen LogP contribution in [0.15, 0.2) is 18.2 Å². The Bertz CT molecular complexity index is 460. The molecular formula is C13H18N2O4. The molecule has 6 nitrogen and oxygen atoms in total. The van der Waals surface area contributed by atoms with Gasteiger partial charge in [0.05, 0.1) is 14.2 Å². The van der Waals surface area contributed by atoms with Gasteiger partial charge in [-0.15, -0.1) is 0 Å². The van der Waals surface area contributed by atoms with Crippen LogP contribution in [0.1, 0.15) is 5.56 Å². The zero-order valence-corrected chi connectivity index (χ0v) is 11.3. The van der Waals surface area contributed by atoms with E-state index in [1.807, 2.05) is 12.1 Å². The van der Waals surface area contributed by atoms with Gasteiger partial charge in [0.25, 0.3) is 0 Å². The summed E-state index contributed by atoms with van der Waals surface area (Å²) in [7, 11) is 4.55. The van der Waals surface area contributed by atoms with Crippen LogP contribution < -0.4 is 20.1 Å². The molecule has 0 fully saturated rings. The first kappa shape index (κ1) is 14.8. The van der Waals surface area contributed by atoms with Crippen molar-refractivity contribution < 1.29 is 19.1 Å². The topological polar surface area (TPSA) is 76.7 Å². The fourth-order valence-electron chi connectivity index (χ4n) is 1.55. The largest absolute Gasteiger partial charge is 0.493 e. The Labute approximate surface area is 112 Å². The summed E-state index contributed by atoms with van der Waals surface area (Å²) in [6.45, 7) is 0.377. The molecule has 0 aliphatic heterocycles. The van der Waals surface area contributed by atoms with Gasteiger partial charge >= 0.3 is 11.8 Å². The Hall–Kier alpha value is -2.24.